The molecule has 0 amide bonds. The number of nitrogens with zero attached hydrogens (tertiary/aromatic N) is 2. The molecule has 1 heterocycles. The zero-order valence-corrected chi connectivity index (χ0v) is 9.05. The summed E-state index contributed by atoms with van der Waals surface area (Å²) >= 11 is 0. The van der Waals surface area contributed by atoms with Gasteiger partial charge in [-0.05, 0) is 6.07 Å². The van der Waals surface area contributed by atoms with Gasteiger partial charge in [0, 0.05) is 23.5 Å². The maximum absolute atomic E-state index is 12.5. The van der Waals surface area contributed by atoms with Gasteiger partial charge < -0.3 is 5.11 Å². The van der Waals surface area contributed by atoms with E-state index in [9.17, 15) is 13.6 Å². The molecule has 4 nitrogen and oxygen atoms in total. The first-order valence-corrected chi connectivity index (χ1v) is 5.02. The lowest BCUT2D eigenvalue weighted by molar-refractivity contribution is 0.0696. The van der Waals surface area contributed by atoms with Gasteiger partial charge >= 0.3 is 5.97 Å². The Morgan fingerprint density at radius 1 is 1.22 bits per heavy atom. The van der Waals surface area contributed by atoms with Crippen LogP contribution in [0, 0.1) is 0 Å². The molecule has 0 aliphatic heterocycles. The van der Waals surface area contributed by atoms with Gasteiger partial charge in [0.25, 0.3) is 6.43 Å². The van der Waals surface area contributed by atoms with Crippen molar-refractivity contribution in [3.63, 3.8) is 0 Å². The van der Waals surface area contributed by atoms with Gasteiger partial charge in [0.15, 0.2) is 5.82 Å². The molecule has 0 bridgehead atoms. The second kappa shape index (κ2) is 4.87. The van der Waals surface area contributed by atoms with Crippen molar-refractivity contribution < 1.29 is 18.7 Å². The highest BCUT2D eigenvalue weighted by molar-refractivity contribution is 5.86. The van der Waals surface area contributed by atoms with Crippen molar-refractivity contribution in [2.24, 2.45) is 0 Å². The molecule has 0 saturated heterocycles. The summed E-state index contributed by atoms with van der Waals surface area (Å²) < 4.78 is 25.0. The molecule has 0 saturated carbocycles. The minimum absolute atomic E-state index is 0.0521. The number of benzene rings is 1. The number of carboxylic acid groups (broad SMARTS) is 1. The maximum atomic E-state index is 12.5. The zero-order chi connectivity index (χ0) is 13.1. The number of hydrogen-bond donors (Lipinski definition) is 1. The highest BCUT2D eigenvalue weighted by atomic mass is 19.3. The quantitative estimate of drug-likeness (QED) is 0.909. The number of aromatic carboxylic acids is 1. The lowest BCUT2D eigenvalue weighted by Crippen LogP contribution is -1.99. The number of hydrogen-bond acceptors (Lipinski definition) is 3. The van der Waals surface area contributed by atoms with Gasteiger partial charge in [-0.25, -0.2) is 23.5 Å². The average molecular weight is 250 g/mol. The molecule has 0 radical (unpaired) electrons. The van der Waals surface area contributed by atoms with E-state index in [0.29, 0.717) is 5.56 Å². The number of carboxylic acids is 1. The van der Waals surface area contributed by atoms with E-state index >= 15 is 0 Å². The molecular weight excluding hydrogens is 242 g/mol. The van der Waals surface area contributed by atoms with E-state index in [1.165, 1.54) is 18.2 Å². The lowest BCUT2D eigenvalue weighted by atomic mass is 10.1. The summed E-state index contributed by atoms with van der Waals surface area (Å²) in [6, 6.07) is 5.65. The van der Waals surface area contributed by atoms with E-state index in [-0.39, 0.29) is 17.0 Å². The summed E-state index contributed by atoms with van der Waals surface area (Å²) in [5.74, 6) is -0.926. The molecule has 0 atom stereocenters. The molecule has 1 N–H and O–H groups in total. The highest BCUT2D eigenvalue weighted by Crippen LogP contribution is 2.23. The average Bonchev–Trinajstić information content (AvgIpc) is 2.39. The summed E-state index contributed by atoms with van der Waals surface area (Å²) in [5.41, 5.74) is 0.243. The summed E-state index contributed by atoms with van der Waals surface area (Å²) in [4.78, 5) is 18.3. The first-order valence-electron chi connectivity index (χ1n) is 5.02. The molecule has 18 heavy (non-hydrogen) atoms. The Morgan fingerprint density at radius 2 is 1.89 bits per heavy atom. The van der Waals surface area contributed by atoms with Crippen LogP contribution < -0.4 is 0 Å². The molecule has 0 unspecified atom stereocenters. The van der Waals surface area contributed by atoms with Crippen molar-refractivity contribution in [3.05, 3.63) is 47.8 Å². The van der Waals surface area contributed by atoms with Crippen LogP contribution in [-0.4, -0.2) is 21.0 Å². The molecule has 0 fully saturated rings. The summed E-state index contributed by atoms with van der Waals surface area (Å²) in [6.45, 7) is 0. The minimum atomic E-state index is -2.57. The van der Waals surface area contributed by atoms with E-state index in [1.54, 1.807) is 6.07 Å². The van der Waals surface area contributed by atoms with Crippen molar-refractivity contribution in [2.75, 3.05) is 0 Å². The number of rotatable bonds is 3. The molecule has 0 spiro atoms. The maximum Gasteiger partial charge on any atom is 0.338 e. The third-order valence-electron chi connectivity index (χ3n) is 2.30. The number of aromatic nitrogens is 2. The van der Waals surface area contributed by atoms with Crippen LogP contribution in [0.1, 0.15) is 22.3 Å². The summed E-state index contributed by atoms with van der Waals surface area (Å²) in [5, 5.41) is 8.68. The fourth-order valence-corrected chi connectivity index (χ4v) is 1.40. The number of alkyl halides is 2. The van der Waals surface area contributed by atoms with Gasteiger partial charge in [-0.2, -0.15) is 0 Å². The third-order valence-corrected chi connectivity index (χ3v) is 2.30. The molecule has 1 aromatic carbocycles. The van der Waals surface area contributed by atoms with Crippen molar-refractivity contribution >= 4 is 5.97 Å². The number of carbonyl (C=O) groups is 1. The normalized spacial score (nSPS) is 10.6. The van der Waals surface area contributed by atoms with Gasteiger partial charge in [-0.15, -0.1) is 0 Å². The van der Waals surface area contributed by atoms with Crippen molar-refractivity contribution in [2.45, 2.75) is 6.43 Å². The first-order chi connectivity index (χ1) is 8.58. The minimum Gasteiger partial charge on any atom is -0.478 e. The van der Waals surface area contributed by atoms with E-state index in [1.807, 2.05) is 0 Å². The second-order valence-electron chi connectivity index (χ2n) is 3.53. The largest absolute Gasteiger partial charge is 0.478 e. The molecule has 92 valence electrons. The fraction of sp³-hybridized carbons (Fsp3) is 0.0833. The second-order valence-corrected chi connectivity index (χ2v) is 3.53. The van der Waals surface area contributed by atoms with Crippen LogP contribution >= 0.6 is 0 Å². The predicted molar refractivity (Wildman–Crippen MR) is 59.4 cm³/mol. The van der Waals surface area contributed by atoms with Gasteiger partial charge in [0.05, 0.1) is 5.56 Å². The van der Waals surface area contributed by atoms with E-state index in [2.05, 4.69) is 9.97 Å². The van der Waals surface area contributed by atoms with Crippen LogP contribution in [0.2, 0.25) is 0 Å². The Labute approximate surface area is 101 Å². The molecule has 1 aromatic heterocycles. The Morgan fingerprint density at radius 3 is 2.44 bits per heavy atom. The van der Waals surface area contributed by atoms with Crippen LogP contribution in [0.25, 0.3) is 11.4 Å². The SMILES string of the molecule is O=C(O)c1cnc(-c2cccc(C(F)F)c2)nc1. The van der Waals surface area contributed by atoms with Gasteiger partial charge in [-0.3, -0.25) is 0 Å². The van der Waals surface area contributed by atoms with Crippen LogP contribution in [0.4, 0.5) is 8.78 Å². The van der Waals surface area contributed by atoms with Crippen molar-refractivity contribution in [3.8, 4) is 11.4 Å². The standard InChI is InChI=1S/C12H8F2N2O2/c13-10(14)7-2-1-3-8(4-7)11-15-5-9(6-16-11)12(17)18/h1-6,10H,(H,17,18). The molecule has 0 aliphatic rings. The van der Waals surface area contributed by atoms with Gasteiger partial charge in [0.1, 0.15) is 0 Å². The van der Waals surface area contributed by atoms with E-state index < -0.39 is 12.4 Å². The van der Waals surface area contributed by atoms with Gasteiger partial charge in [-0.1, -0.05) is 18.2 Å². The van der Waals surface area contributed by atoms with Crippen LogP contribution in [0.5, 0.6) is 0 Å². The van der Waals surface area contributed by atoms with Gasteiger partial charge in [0.2, 0.25) is 0 Å². The Balaban J connectivity index is 2.36. The van der Waals surface area contributed by atoms with Crippen molar-refractivity contribution in [1.82, 2.24) is 9.97 Å². The van der Waals surface area contributed by atoms with Crippen LogP contribution in [0.15, 0.2) is 36.7 Å². The monoisotopic (exact) mass is 250 g/mol. The Kier molecular flexibility index (Phi) is 3.27. The Hall–Kier alpha value is -2.37. The fourth-order valence-electron chi connectivity index (χ4n) is 1.40. The molecule has 0 aliphatic carbocycles. The highest BCUT2D eigenvalue weighted by Gasteiger charge is 2.10. The summed E-state index contributed by atoms with van der Waals surface area (Å²) in [7, 11) is 0. The molecule has 6 heteroatoms. The lowest BCUT2D eigenvalue weighted by Gasteiger charge is -2.03. The van der Waals surface area contributed by atoms with Crippen molar-refractivity contribution in [1.29, 1.82) is 0 Å². The number of halogens is 2. The smallest absolute Gasteiger partial charge is 0.338 e. The van der Waals surface area contributed by atoms with E-state index in [4.69, 9.17) is 5.11 Å². The molecular formula is C12H8F2N2O2. The van der Waals surface area contributed by atoms with Crippen LogP contribution in [-0.2, 0) is 0 Å². The topological polar surface area (TPSA) is 63.1 Å². The Bertz CT molecular complexity index is 571. The molecule has 2 aromatic rings. The first kappa shape index (κ1) is 12.1. The van der Waals surface area contributed by atoms with Crippen LogP contribution in [0.3, 0.4) is 0 Å². The zero-order valence-electron chi connectivity index (χ0n) is 9.05. The molecule has 2 rings (SSSR count). The predicted octanol–water partition coefficient (Wildman–Crippen LogP) is 2.78. The summed E-state index contributed by atoms with van der Waals surface area (Å²) in [6.07, 6.45) is -0.289. The third kappa shape index (κ3) is 2.48. The van der Waals surface area contributed by atoms with E-state index in [0.717, 1.165) is 12.4 Å².